The van der Waals surface area contributed by atoms with E-state index in [4.69, 9.17) is 16.1 Å². The van der Waals surface area contributed by atoms with Crippen molar-refractivity contribution in [2.24, 2.45) is 11.5 Å². The number of benzene rings is 2. The van der Waals surface area contributed by atoms with Crippen molar-refractivity contribution in [2.75, 3.05) is 0 Å². The fourth-order valence-corrected chi connectivity index (χ4v) is 3.24. The van der Waals surface area contributed by atoms with Gasteiger partial charge in [0.25, 0.3) is 5.91 Å². The van der Waals surface area contributed by atoms with Crippen molar-refractivity contribution in [1.82, 2.24) is 5.32 Å². The van der Waals surface area contributed by atoms with Crippen LogP contribution in [0.15, 0.2) is 36.4 Å². The van der Waals surface area contributed by atoms with Crippen LogP contribution < -0.4 is 21.4 Å². The Morgan fingerprint density at radius 1 is 1.15 bits per heavy atom. The highest BCUT2D eigenvalue weighted by atomic mass is 16.5. The van der Waals surface area contributed by atoms with E-state index in [1.54, 1.807) is 30.3 Å². The summed E-state index contributed by atoms with van der Waals surface area (Å²) in [6.07, 6.45) is 0.234. The van der Waals surface area contributed by atoms with Crippen LogP contribution in [0.4, 0.5) is 0 Å². The molecule has 0 radical (unpaired) electrons. The van der Waals surface area contributed by atoms with Crippen LogP contribution in [-0.4, -0.2) is 35.1 Å². The fraction of sp³-hybridized carbons (Fsp3) is 0.222. The second-order valence-electron chi connectivity index (χ2n) is 6.24. The molecule has 9 heteroatoms. The Morgan fingerprint density at radius 3 is 2.52 bits per heavy atom. The van der Waals surface area contributed by atoms with Gasteiger partial charge in [0.1, 0.15) is 5.75 Å². The van der Waals surface area contributed by atoms with Crippen molar-refractivity contribution in [3.05, 3.63) is 64.2 Å². The van der Waals surface area contributed by atoms with Crippen LogP contribution in [0.2, 0.25) is 0 Å². The first kappa shape index (κ1) is 18.9. The molecule has 0 spiro atoms. The van der Waals surface area contributed by atoms with E-state index in [1.165, 1.54) is 6.07 Å². The van der Waals surface area contributed by atoms with Crippen molar-refractivity contribution < 1.29 is 24.4 Å². The summed E-state index contributed by atoms with van der Waals surface area (Å²) in [6.45, 7) is 0.415. The quantitative estimate of drug-likeness (QED) is 0.468. The number of carbonyl (C=O) groups is 2. The fourth-order valence-electron chi connectivity index (χ4n) is 3.24. The summed E-state index contributed by atoms with van der Waals surface area (Å²) >= 11 is 0. The van der Waals surface area contributed by atoms with E-state index in [9.17, 15) is 19.7 Å². The van der Waals surface area contributed by atoms with Gasteiger partial charge in [-0.3, -0.25) is 4.79 Å². The van der Waals surface area contributed by atoms with E-state index in [0.717, 1.165) is 5.56 Å². The molecule has 0 fully saturated rings. The van der Waals surface area contributed by atoms with E-state index in [0.29, 0.717) is 16.7 Å². The molecule has 7 N–H and O–H groups in total. The number of para-hydroxylation sites is 1. The van der Waals surface area contributed by atoms with Gasteiger partial charge in [0, 0.05) is 18.7 Å². The average Bonchev–Trinajstić information content (AvgIpc) is 2.67. The first-order valence-electron chi connectivity index (χ1n) is 8.48. The topological polar surface area (TPSA) is 148 Å². The average molecular weight is 369 g/mol. The molecular weight excluding hydrogens is 349 g/mol. The molecule has 1 atom stereocenters. The van der Waals surface area contributed by atoms with Gasteiger partial charge in [-0.1, -0.05) is 24.3 Å². The lowest BCUT2D eigenvalue weighted by Crippen LogP contribution is -2.53. The van der Waals surface area contributed by atoms with Crippen LogP contribution >= 0.6 is 0 Å². The molecule has 0 saturated carbocycles. The predicted octanol–water partition coefficient (Wildman–Crippen LogP) is 0.0554. The maximum atomic E-state index is 12.7. The monoisotopic (exact) mass is 369 g/mol. The zero-order valence-corrected chi connectivity index (χ0v) is 14.5. The number of carbonyl (C=O) groups excluding carboxylic acids is 1. The highest BCUT2D eigenvalue weighted by Gasteiger charge is 2.38. The van der Waals surface area contributed by atoms with Gasteiger partial charge in [0.2, 0.25) is 0 Å². The van der Waals surface area contributed by atoms with Crippen LogP contribution in [0, 0.1) is 0 Å². The normalized spacial score (nSPS) is 15.7. The minimum atomic E-state index is -1.37. The minimum Gasteiger partial charge on any atom is -0.534 e. The zero-order valence-electron chi connectivity index (χ0n) is 14.5. The second kappa shape index (κ2) is 7.79. The zero-order chi connectivity index (χ0) is 19.6. The van der Waals surface area contributed by atoms with E-state index < -0.39 is 24.9 Å². The van der Waals surface area contributed by atoms with E-state index in [-0.39, 0.29) is 30.8 Å². The molecule has 1 aliphatic heterocycles. The molecule has 0 bridgehead atoms. The number of nitrogens with one attached hydrogen (secondary N) is 1. The highest BCUT2D eigenvalue weighted by molar-refractivity contribution is 6.47. The largest absolute Gasteiger partial charge is 0.547 e. The molecule has 0 saturated heterocycles. The van der Waals surface area contributed by atoms with Crippen molar-refractivity contribution in [1.29, 1.82) is 0 Å². The van der Waals surface area contributed by atoms with Crippen LogP contribution in [0.1, 0.15) is 37.4 Å². The lowest BCUT2D eigenvalue weighted by Gasteiger charge is -2.29. The van der Waals surface area contributed by atoms with Gasteiger partial charge in [0.15, 0.2) is 0 Å². The Bertz CT molecular complexity index is 889. The molecule has 1 heterocycles. The molecule has 0 aliphatic carbocycles. The van der Waals surface area contributed by atoms with E-state index in [2.05, 4.69) is 5.32 Å². The lowest BCUT2D eigenvalue weighted by atomic mass is 9.72. The number of rotatable bonds is 5. The Kier molecular flexibility index (Phi) is 5.45. The van der Waals surface area contributed by atoms with Gasteiger partial charge in [-0.15, -0.1) is 0 Å². The van der Waals surface area contributed by atoms with E-state index in [1.807, 2.05) is 0 Å². The van der Waals surface area contributed by atoms with E-state index >= 15 is 0 Å². The molecule has 0 aromatic heterocycles. The van der Waals surface area contributed by atoms with Crippen LogP contribution in [0.3, 0.4) is 0 Å². The number of carboxylic acid groups (broad SMARTS) is 1. The molecule has 2 aromatic rings. The third-order valence-electron chi connectivity index (χ3n) is 4.61. The number of nitrogens with two attached hydrogens (primary N) is 2. The molecule has 8 nitrogen and oxygen atoms in total. The number of aromatic carboxylic acids is 1. The molecule has 140 valence electrons. The van der Waals surface area contributed by atoms with Gasteiger partial charge in [-0.05, 0) is 35.2 Å². The molecular formula is C18H20BN3O5. The minimum absolute atomic E-state index is 0.0302. The van der Waals surface area contributed by atoms with Crippen molar-refractivity contribution in [3.63, 3.8) is 0 Å². The number of hydrogen-bond acceptors (Lipinski definition) is 6. The number of hydrogen-bond donors (Lipinski definition) is 5. The lowest BCUT2D eigenvalue weighted by molar-refractivity contribution is 0.0693. The summed E-state index contributed by atoms with van der Waals surface area (Å²) in [7, 11) is -1.37. The molecule has 1 amide bonds. The molecule has 27 heavy (non-hydrogen) atoms. The first-order valence-corrected chi connectivity index (χ1v) is 8.48. The Hall–Kier alpha value is -2.88. The summed E-state index contributed by atoms with van der Waals surface area (Å²) in [4.78, 5) is 24.0. The van der Waals surface area contributed by atoms with Gasteiger partial charge in [-0.25, -0.2) is 4.79 Å². The first-order chi connectivity index (χ1) is 13.0. The SMILES string of the molecule is NCc1cccc(C(=O)N[C@H]2Cc3cccc(C(=O)O)c3OB2O)c1CN. The maximum Gasteiger partial charge on any atom is 0.547 e. The number of carboxylic acids is 1. The summed E-state index contributed by atoms with van der Waals surface area (Å²) in [5.41, 5.74) is 13.9. The predicted molar refractivity (Wildman–Crippen MR) is 99.2 cm³/mol. The summed E-state index contributed by atoms with van der Waals surface area (Å²) < 4.78 is 5.39. The Morgan fingerprint density at radius 2 is 1.85 bits per heavy atom. The Balaban J connectivity index is 1.84. The smallest absolute Gasteiger partial charge is 0.534 e. The van der Waals surface area contributed by atoms with Crippen LogP contribution in [0.5, 0.6) is 5.75 Å². The maximum absolute atomic E-state index is 12.7. The van der Waals surface area contributed by atoms with Crippen molar-refractivity contribution in [3.8, 4) is 5.75 Å². The third kappa shape index (κ3) is 3.66. The van der Waals surface area contributed by atoms with Crippen molar-refractivity contribution in [2.45, 2.75) is 25.5 Å². The van der Waals surface area contributed by atoms with Gasteiger partial charge in [-0.2, -0.15) is 0 Å². The second-order valence-corrected chi connectivity index (χ2v) is 6.24. The number of amides is 1. The van der Waals surface area contributed by atoms with Crippen LogP contribution in [0.25, 0.3) is 0 Å². The summed E-state index contributed by atoms with van der Waals surface area (Å²) in [5, 5.41) is 22.3. The van der Waals surface area contributed by atoms with Gasteiger partial charge in [0.05, 0.1) is 11.5 Å². The van der Waals surface area contributed by atoms with Crippen molar-refractivity contribution >= 4 is 19.0 Å². The van der Waals surface area contributed by atoms with Gasteiger partial charge >= 0.3 is 13.1 Å². The molecule has 3 rings (SSSR count). The third-order valence-corrected chi connectivity index (χ3v) is 4.61. The highest BCUT2D eigenvalue weighted by Crippen LogP contribution is 2.30. The molecule has 1 aliphatic rings. The molecule has 0 unspecified atom stereocenters. The summed E-state index contributed by atoms with van der Waals surface area (Å²) in [6, 6.07) is 9.87. The molecule has 2 aromatic carbocycles. The summed E-state index contributed by atoms with van der Waals surface area (Å²) in [5.74, 6) is -2.17. The standard InChI is InChI=1S/C18H20BN3O5/c20-8-11-4-2-5-12(14(11)9-21)17(23)22-15-7-10-3-1-6-13(18(24)25)16(10)27-19(15)26/h1-6,15,26H,7-9,20-21H2,(H,22,23)(H,24,25)/t15-/m0/s1. The van der Waals surface area contributed by atoms with Crippen LogP contribution in [-0.2, 0) is 19.5 Å². The Labute approximate surface area is 156 Å². The van der Waals surface area contributed by atoms with Gasteiger partial charge < -0.3 is 31.6 Å². The number of fused-ring (bicyclic) bond motifs is 1.